The number of carbonyl (C=O) groups is 2. The lowest BCUT2D eigenvalue weighted by Crippen LogP contribution is -2.41. The summed E-state index contributed by atoms with van der Waals surface area (Å²) in [6.45, 7) is 15.7. The zero-order valence-corrected chi connectivity index (χ0v) is 34.3. The highest BCUT2D eigenvalue weighted by Gasteiger charge is 2.51. The smallest absolute Gasteiger partial charge is 0.492 e. The molecule has 1 saturated heterocycles. The second-order valence-electron chi connectivity index (χ2n) is 15.0. The lowest BCUT2D eigenvalue weighted by Gasteiger charge is -2.32. The summed E-state index contributed by atoms with van der Waals surface area (Å²) in [6, 6.07) is 25.7. The quantitative estimate of drug-likeness (QED) is 0.0893. The fourth-order valence-electron chi connectivity index (χ4n) is 4.69. The first-order chi connectivity index (χ1) is 26.3. The SMILES string of the molecule is COC(=O)C(C)(C)COc1ccc(-c2ccc(C#N)cn2)cc1.COC(=O)C(C)(C)COc1ccc(B2OC(C)(C)C(C)(C)O2)cc1.N#Cc1ccc(Cl)nc1. The number of carbonyl (C=O) groups excluding carboxylic acids is 2. The fourth-order valence-corrected chi connectivity index (χ4v) is 4.80. The van der Waals surface area contributed by atoms with Gasteiger partial charge in [-0.3, -0.25) is 14.6 Å². The Bertz CT molecular complexity index is 1970. The van der Waals surface area contributed by atoms with E-state index < -0.39 is 17.9 Å². The standard InChI is InChI=1S/C18H27BO5.C18H18N2O3.C6H3ClN2/c1-16(2,15(20)21-7)12-22-14-10-8-13(9-11-14)19-23-17(3,4)18(5,6)24-19;1-18(2,17(21)22-3)12-23-15-7-5-14(6-8-15)16-9-4-13(10-19)11-20-16;7-6-2-1-5(3-8)4-9-6/h8-11H,12H2,1-7H3;4-9,11H,12H2,1-3H3;1-2,4H. The average molecular weight is 783 g/mol. The molecule has 2 aromatic carbocycles. The highest BCUT2D eigenvalue weighted by Crippen LogP contribution is 2.36. The first kappa shape index (κ1) is 44.9. The number of nitriles is 2. The van der Waals surface area contributed by atoms with E-state index in [1.54, 1.807) is 58.2 Å². The van der Waals surface area contributed by atoms with Gasteiger partial charge in [0.1, 0.15) is 42.0 Å². The molecule has 14 heteroatoms. The molecule has 0 atom stereocenters. The van der Waals surface area contributed by atoms with Crippen molar-refractivity contribution in [2.45, 2.75) is 66.6 Å². The molecule has 1 aliphatic rings. The van der Waals surface area contributed by atoms with Crippen molar-refractivity contribution in [1.82, 2.24) is 9.97 Å². The van der Waals surface area contributed by atoms with Crippen LogP contribution in [0.15, 0.2) is 85.2 Å². The van der Waals surface area contributed by atoms with E-state index in [4.69, 9.17) is 50.4 Å². The maximum absolute atomic E-state index is 11.7. The molecule has 0 bridgehead atoms. The zero-order valence-electron chi connectivity index (χ0n) is 33.5. The molecule has 3 heterocycles. The van der Waals surface area contributed by atoms with Gasteiger partial charge in [0.05, 0.1) is 53.1 Å². The van der Waals surface area contributed by atoms with Crippen LogP contribution in [0.25, 0.3) is 11.3 Å². The largest absolute Gasteiger partial charge is 0.494 e. The van der Waals surface area contributed by atoms with Crippen LogP contribution in [0.1, 0.15) is 66.5 Å². The summed E-state index contributed by atoms with van der Waals surface area (Å²) in [5.74, 6) is 0.749. The number of esters is 2. The van der Waals surface area contributed by atoms with Crippen molar-refractivity contribution < 1.29 is 37.8 Å². The van der Waals surface area contributed by atoms with E-state index in [-0.39, 0.29) is 36.4 Å². The molecular weight excluding hydrogens is 735 g/mol. The average Bonchev–Trinajstić information content (AvgIpc) is 3.42. The Kier molecular flexibility index (Phi) is 15.6. The van der Waals surface area contributed by atoms with Gasteiger partial charge in [-0.1, -0.05) is 23.7 Å². The number of methoxy groups -OCH3 is 2. The lowest BCUT2D eigenvalue weighted by atomic mass is 9.79. The van der Waals surface area contributed by atoms with E-state index in [2.05, 4.69) is 9.97 Å². The minimum atomic E-state index is -0.706. The summed E-state index contributed by atoms with van der Waals surface area (Å²) in [4.78, 5) is 31.2. The third-order valence-electron chi connectivity index (χ3n) is 8.98. The Hall–Kier alpha value is -5.47. The minimum Gasteiger partial charge on any atom is -0.492 e. The predicted molar refractivity (Wildman–Crippen MR) is 213 cm³/mol. The van der Waals surface area contributed by atoms with Crippen LogP contribution >= 0.6 is 11.6 Å². The summed E-state index contributed by atoms with van der Waals surface area (Å²) in [6.07, 6.45) is 2.97. The molecule has 4 aromatic rings. The van der Waals surface area contributed by atoms with E-state index >= 15 is 0 Å². The molecule has 0 unspecified atom stereocenters. The van der Waals surface area contributed by atoms with Crippen molar-refractivity contribution in [1.29, 1.82) is 10.5 Å². The number of ether oxygens (including phenoxy) is 4. The van der Waals surface area contributed by atoms with Gasteiger partial charge in [-0.15, -0.1) is 0 Å². The van der Waals surface area contributed by atoms with Crippen molar-refractivity contribution in [3.8, 4) is 34.9 Å². The lowest BCUT2D eigenvalue weighted by molar-refractivity contribution is -0.153. The number of nitrogens with zero attached hydrogens (tertiary/aromatic N) is 4. The number of benzene rings is 2. The molecule has 0 radical (unpaired) electrons. The molecule has 0 aliphatic carbocycles. The van der Waals surface area contributed by atoms with Crippen molar-refractivity contribution in [3.05, 3.63) is 101 Å². The third-order valence-corrected chi connectivity index (χ3v) is 9.20. The molecule has 5 rings (SSSR count). The summed E-state index contributed by atoms with van der Waals surface area (Å²) in [7, 11) is 2.35. The number of aromatic nitrogens is 2. The number of hydrogen-bond donors (Lipinski definition) is 0. The number of hydrogen-bond acceptors (Lipinski definition) is 12. The molecule has 0 N–H and O–H groups in total. The minimum absolute atomic E-state index is 0.230. The van der Waals surface area contributed by atoms with Gasteiger partial charge in [0.15, 0.2) is 0 Å². The molecule has 0 amide bonds. The van der Waals surface area contributed by atoms with Gasteiger partial charge in [0, 0.05) is 18.0 Å². The number of halogens is 1. The monoisotopic (exact) mass is 782 g/mol. The topological polar surface area (TPSA) is 163 Å². The van der Waals surface area contributed by atoms with Gasteiger partial charge in [-0.05, 0) is 122 Å². The van der Waals surface area contributed by atoms with Crippen LogP contribution in [0.4, 0.5) is 0 Å². The summed E-state index contributed by atoms with van der Waals surface area (Å²) < 4.78 is 32.9. The third kappa shape index (κ3) is 12.5. The van der Waals surface area contributed by atoms with Crippen LogP contribution in [0.2, 0.25) is 5.15 Å². The van der Waals surface area contributed by atoms with E-state index in [0.29, 0.717) is 27.8 Å². The molecular formula is C42H48BClN4O8. The Morgan fingerprint density at radius 2 is 1.12 bits per heavy atom. The molecule has 294 valence electrons. The highest BCUT2D eigenvalue weighted by atomic mass is 35.5. The van der Waals surface area contributed by atoms with Crippen LogP contribution in [-0.2, 0) is 28.4 Å². The number of rotatable bonds is 10. The van der Waals surface area contributed by atoms with Gasteiger partial charge in [-0.2, -0.15) is 10.5 Å². The van der Waals surface area contributed by atoms with E-state index in [1.807, 2.05) is 88.4 Å². The van der Waals surface area contributed by atoms with E-state index in [9.17, 15) is 9.59 Å². The predicted octanol–water partition coefficient (Wildman–Crippen LogP) is 7.37. The van der Waals surface area contributed by atoms with Crippen LogP contribution in [-0.4, -0.2) is 67.7 Å². The highest BCUT2D eigenvalue weighted by molar-refractivity contribution is 6.62. The fraction of sp³-hybridized carbons (Fsp3) is 0.381. The molecule has 56 heavy (non-hydrogen) atoms. The van der Waals surface area contributed by atoms with Crippen LogP contribution < -0.4 is 14.9 Å². The van der Waals surface area contributed by atoms with Gasteiger partial charge in [-0.25, -0.2) is 4.98 Å². The Morgan fingerprint density at radius 1 is 0.696 bits per heavy atom. The second kappa shape index (κ2) is 19.4. The molecule has 0 saturated carbocycles. The maximum atomic E-state index is 11.7. The normalized spacial score (nSPS) is 14.0. The molecule has 12 nitrogen and oxygen atoms in total. The van der Waals surface area contributed by atoms with Gasteiger partial charge < -0.3 is 28.3 Å². The second-order valence-corrected chi connectivity index (χ2v) is 15.4. The summed E-state index contributed by atoms with van der Waals surface area (Å²) >= 11 is 5.45. The van der Waals surface area contributed by atoms with Crippen LogP contribution in [0.5, 0.6) is 11.5 Å². The molecule has 1 aliphatic heterocycles. The number of pyridine rings is 2. The molecule has 1 fully saturated rings. The van der Waals surface area contributed by atoms with Gasteiger partial charge in [0.2, 0.25) is 0 Å². The van der Waals surface area contributed by atoms with Crippen molar-refractivity contribution in [2.75, 3.05) is 27.4 Å². The van der Waals surface area contributed by atoms with Crippen molar-refractivity contribution in [2.24, 2.45) is 10.8 Å². The van der Waals surface area contributed by atoms with E-state index in [0.717, 1.165) is 16.7 Å². The van der Waals surface area contributed by atoms with Gasteiger partial charge >= 0.3 is 19.1 Å². The Labute approximate surface area is 334 Å². The van der Waals surface area contributed by atoms with Gasteiger partial charge in [0.25, 0.3) is 0 Å². The molecule has 0 spiro atoms. The summed E-state index contributed by atoms with van der Waals surface area (Å²) in [5.41, 5.74) is 1.57. The first-order valence-electron chi connectivity index (χ1n) is 17.6. The maximum Gasteiger partial charge on any atom is 0.494 e. The van der Waals surface area contributed by atoms with Crippen molar-refractivity contribution >= 4 is 36.1 Å². The van der Waals surface area contributed by atoms with Crippen LogP contribution in [0, 0.1) is 33.5 Å². The Balaban J connectivity index is 0.000000247. The summed E-state index contributed by atoms with van der Waals surface area (Å²) in [5, 5.41) is 17.5. The molecule has 2 aromatic heterocycles. The van der Waals surface area contributed by atoms with E-state index in [1.165, 1.54) is 20.4 Å². The van der Waals surface area contributed by atoms with Crippen molar-refractivity contribution in [3.63, 3.8) is 0 Å². The zero-order chi connectivity index (χ0) is 41.7. The van der Waals surface area contributed by atoms with Crippen LogP contribution in [0.3, 0.4) is 0 Å². The first-order valence-corrected chi connectivity index (χ1v) is 18.0. The Morgan fingerprint density at radius 3 is 1.50 bits per heavy atom.